The third-order valence-electron chi connectivity index (χ3n) is 3.46. The van der Waals surface area contributed by atoms with Gasteiger partial charge in [-0.2, -0.15) is 0 Å². The minimum Gasteiger partial charge on any atom is -0.341 e. The molecule has 0 spiro atoms. The number of carbonyl (C=O) groups is 1. The molecule has 0 aliphatic heterocycles. The van der Waals surface area contributed by atoms with Gasteiger partial charge in [0.1, 0.15) is 0 Å². The summed E-state index contributed by atoms with van der Waals surface area (Å²) in [5, 5.41) is 2.63. The van der Waals surface area contributed by atoms with Gasteiger partial charge in [-0.1, -0.05) is 18.2 Å². The summed E-state index contributed by atoms with van der Waals surface area (Å²) in [5.41, 5.74) is 4.35. The summed E-state index contributed by atoms with van der Waals surface area (Å²) in [6.45, 7) is 0.762. The number of benzene rings is 1. The maximum Gasteiger partial charge on any atom is 0.316 e. The Balaban J connectivity index is 1.93. The molecule has 1 aromatic carbocycles. The van der Waals surface area contributed by atoms with E-state index in [2.05, 4.69) is 23.5 Å². The first-order chi connectivity index (χ1) is 8.20. The lowest BCUT2D eigenvalue weighted by Crippen LogP contribution is -2.36. The van der Waals surface area contributed by atoms with E-state index in [1.807, 2.05) is 7.05 Å². The molecule has 0 saturated carbocycles. The minimum absolute atomic E-state index is 0.0221. The van der Waals surface area contributed by atoms with Crippen LogP contribution in [0.25, 0.3) is 0 Å². The van der Waals surface area contributed by atoms with Crippen LogP contribution in [0.5, 0.6) is 0 Å². The number of likely N-dealkylation sites (N-methyl/N-ethyl adjacent to an activating group) is 1. The van der Waals surface area contributed by atoms with Crippen molar-refractivity contribution in [2.45, 2.75) is 25.7 Å². The summed E-state index contributed by atoms with van der Waals surface area (Å²) in [6.07, 6.45) is 4.66. The Hall–Kier alpha value is -1.51. The molecule has 0 unspecified atom stereocenters. The molecule has 3 heteroatoms. The Kier molecular flexibility index (Phi) is 3.67. The SMILES string of the molecule is CNC(=O)N(C)CCc1ccc2c(c1)CCC2. The third-order valence-corrected chi connectivity index (χ3v) is 3.46. The molecule has 0 fully saturated rings. The molecule has 1 N–H and O–H groups in total. The first-order valence-corrected chi connectivity index (χ1v) is 6.24. The van der Waals surface area contributed by atoms with Crippen LogP contribution in [0.3, 0.4) is 0 Å². The molecule has 2 rings (SSSR count). The van der Waals surface area contributed by atoms with E-state index in [-0.39, 0.29) is 6.03 Å². The number of aryl methyl sites for hydroxylation is 2. The molecule has 0 atom stereocenters. The zero-order chi connectivity index (χ0) is 12.3. The molecule has 0 radical (unpaired) electrons. The fourth-order valence-electron chi connectivity index (χ4n) is 2.37. The molecule has 1 aliphatic carbocycles. The lowest BCUT2D eigenvalue weighted by molar-refractivity contribution is 0.211. The third kappa shape index (κ3) is 2.78. The van der Waals surface area contributed by atoms with Crippen LogP contribution in [0.4, 0.5) is 4.79 Å². The van der Waals surface area contributed by atoms with Crippen molar-refractivity contribution in [2.24, 2.45) is 0 Å². The molecule has 1 aliphatic rings. The van der Waals surface area contributed by atoms with Gasteiger partial charge >= 0.3 is 6.03 Å². The van der Waals surface area contributed by atoms with Gasteiger partial charge in [-0.15, -0.1) is 0 Å². The first kappa shape index (κ1) is 12.0. The fourth-order valence-corrected chi connectivity index (χ4v) is 2.37. The normalized spacial score (nSPS) is 13.3. The molecule has 0 bridgehead atoms. The Morgan fingerprint density at radius 1 is 1.35 bits per heavy atom. The highest BCUT2D eigenvalue weighted by molar-refractivity contribution is 5.73. The molecule has 2 amide bonds. The van der Waals surface area contributed by atoms with E-state index >= 15 is 0 Å². The van der Waals surface area contributed by atoms with Crippen LogP contribution in [0.2, 0.25) is 0 Å². The van der Waals surface area contributed by atoms with Crippen molar-refractivity contribution in [1.82, 2.24) is 10.2 Å². The van der Waals surface area contributed by atoms with Crippen molar-refractivity contribution in [3.63, 3.8) is 0 Å². The molecule has 1 aromatic rings. The van der Waals surface area contributed by atoms with Crippen LogP contribution < -0.4 is 5.32 Å². The van der Waals surface area contributed by atoms with Gasteiger partial charge in [0, 0.05) is 20.6 Å². The van der Waals surface area contributed by atoms with E-state index in [0.29, 0.717) is 0 Å². The molecular weight excluding hydrogens is 212 g/mol. The van der Waals surface area contributed by atoms with Crippen molar-refractivity contribution < 1.29 is 4.79 Å². The standard InChI is InChI=1S/C14H20N2O/c1-15-14(17)16(2)9-8-11-6-7-12-4-3-5-13(12)10-11/h6-7,10H,3-5,8-9H2,1-2H3,(H,15,17). The van der Waals surface area contributed by atoms with E-state index in [4.69, 9.17) is 0 Å². The second kappa shape index (κ2) is 5.21. The number of hydrogen-bond acceptors (Lipinski definition) is 1. The van der Waals surface area contributed by atoms with Crippen LogP contribution in [0.1, 0.15) is 23.1 Å². The maximum atomic E-state index is 11.3. The highest BCUT2D eigenvalue weighted by atomic mass is 16.2. The lowest BCUT2D eigenvalue weighted by Gasteiger charge is -2.16. The smallest absolute Gasteiger partial charge is 0.316 e. The molecule has 17 heavy (non-hydrogen) atoms. The van der Waals surface area contributed by atoms with E-state index in [1.54, 1.807) is 11.9 Å². The highest BCUT2D eigenvalue weighted by Crippen LogP contribution is 2.22. The minimum atomic E-state index is -0.0221. The number of carbonyl (C=O) groups excluding carboxylic acids is 1. The lowest BCUT2D eigenvalue weighted by atomic mass is 10.0. The molecule has 0 aromatic heterocycles. The van der Waals surface area contributed by atoms with Gasteiger partial charge in [0.15, 0.2) is 0 Å². The first-order valence-electron chi connectivity index (χ1n) is 6.24. The predicted octanol–water partition coefficient (Wildman–Crippen LogP) is 1.99. The summed E-state index contributed by atoms with van der Waals surface area (Å²) in [4.78, 5) is 13.1. The average Bonchev–Trinajstić information content (AvgIpc) is 2.82. The van der Waals surface area contributed by atoms with Gasteiger partial charge in [0.25, 0.3) is 0 Å². The molecule has 0 heterocycles. The van der Waals surface area contributed by atoms with E-state index in [1.165, 1.54) is 36.0 Å². The van der Waals surface area contributed by atoms with Crippen LogP contribution in [0.15, 0.2) is 18.2 Å². The zero-order valence-electron chi connectivity index (χ0n) is 10.6. The van der Waals surface area contributed by atoms with Crippen LogP contribution >= 0.6 is 0 Å². The van der Waals surface area contributed by atoms with E-state index in [9.17, 15) is 4.79 Å². The largest absolute Gasteiger partial charge is 0.341 e. The van der Waals surface area contributed by atoms with Crippen LogP contribution in [-0.4, -0.2) is 31.6 Å². The van der Waals surface area contributed by atoms with E-state index < -0.39 is 0 Å². The highest BCUT2D eigenvalue weighted by Gasteiger charge is 2.11. The second-order valence-corrected chi connectivity index (χ2v) is 4.68. The average molecular weight is 232 g/mol. The Labute approximate surface area is 103 Å². The Bertz CT molecular complexity index is 415. The van der Waals surface area contributed by atoms with Gasteiger partial charge in [-0.3, -0.25) is 0 Å². The summed E-state index contributed by atoms with van der Waals surface area (Å²) in [5.74, 6) is 0. The second-order valence-electron chi connectivity index (χ2n) is 4.68. The number of rotatable bonds is 3. The van der Waals surface area contributed by atoms with Gasteiger partial charge in [0.2, 0.25) is 0 Å². The topological polar surface area (TPSA) is 32.3 Å². The van der Waals surface area contributed by atoms with Crippen molar-refractivity contribution in [3.8, 4) is 0 Å². The Morgan fingerprint density at radius 3 is 2.88 bits per heavy atom. The summed E-state index contributed by atoms with van der Waals surface area (Å²) in [7, 11) is 3.49. The number of hydrogen-bond donors (Lipinski definition) is 1. The van der Waals surface area contributed by atoms with Gasteiger partial charge in [-0.05, 0) is 42.4 Å². The van der Waals surface area contributed by atoms with Crippen molar-refractivity contribution in [2.75, 3.05) is 20.6 Å². The van der Waals surface area contributed by atoms with Crippen molar-refractivity contribution >= 4 is 6.03 Å². The van der Waals surface area contributed by atoms with Crippen molar-refractivity contribution in [3.05, 3.63) is 34.9 Å². The molecular formula is C14H20N2O. The van der Waals surface area contributed by atoms with Gasteiger partial charge in [-0.25, -0.2) is 4.79 Å². The summed E-state index contributed by atoms with van der Waals surface area (Å²) >= 11 is 0. The van der Waals surface area contributed by atoms with E-state index in [0.717, 1.165) is 13.0 Å². The molecule has 0 saturated heterocycles. The molecule has 3 nitrogen and oxygen atoms in total. The quantitative estimate of drug-likeness (QED) is 0.849. The number of nitrogens with one attached hydrogen (secondary N) is 1. The number of nitrogens with zero attached hydrogens (tertiary/aromatic N) is 1. The number of fused-ring (bicyclic) bond motifs is 1. The monoisotopic (exact) mass is 232 g/mol. The number of amides is 2. The van der Waals surface area contributed by atoms with Gasteiger partial charge in [0.05, 0.1) is 0 Å². The zero-order valence-corrected chi connectivity index (χ0v) is 10.6. The van der Waals surface area contributed by atoms with Crippen molar-refractivity contribution in [1.29, 1.82) is 0 Å². The van der Waals surface area contributed by atoms with Gasteiger partial charge < -0.3 is 10.2 Å². The maximum absolute atomic E-state index is 11.3. The fraction of sp³-hybridized carbons (Fsp3) is 0.500. The Morgan fingerprint density at radius 2 is 2.12 bits per heavy atom. The predicted molar refractivity (Wildman–Crippen MR) is 69.3 cm³/mol. The van der Waals surface area contributed by atoms with Crippen LogP contribution in [0, 0.1) is 0 Å². The van der Waals surface area contributed by atoms with Crippen LogP contribution in [-0.2, 0) is 19.3 Å². The summed E-state index contributed by atoms with van der Waals surface area (Å²) in [6, 6.07) is 6.73. The molecule has 92 valence electrons. The summed E-state index contributed by atoms with van der Waals surface area (Å²) < 4.78 is 0. The number of urea groups is 1.